The molecule has 0 heterocycles. The Morgan fingerprint density at radius 1 is 1.19 bits per heavy atom. The molecular formula is C6H13O9P. The standard InChI is InChI=1S/C6H13O9P/c7-2-4(9)6(11)3(8)1-5(10)15-16(12,13)14/h3-4,6-9,11H,1-2H2,(H2,12,13,14)/t3-,4-,6+/m1/s1. The summed E-state index contributed by atoms with van der Waals surface area (Å²) >= 11 is 0. The van der Waals surface area contributed by atoms with E-state index in [0.717, 1.165) is 0 Å². The maximum Gasteiger partial charge on any atom is 0.526 e. The Bertz CT molecular complexity index is 273. The van der Waals surface area contributed by atoms with Crippen LogP contribution in [0.2, 0.25) is 0 Å². The lowest BCUT2D eigenvalue weighted by Crippen LogP contribution is -2.40. The molecule has 0 aromatic carbocycles. The van der Waals surface area contributed by atoms with Crippen LogP contribution in [-0.2, 0) is 13.9 Å². The second-order valence-electron chi connectivity index (χ2n) is 2.97. The Balaban J connectivity index is 4.19. The molecule has 96 valence electrons. The molecule has 6 N–H and O–H groups in total. The molecule has 0 saturated carbocycles. The van der Waals surface area contributed by atoms with Crippen molar-refractivity contribution in [3.8, 4) is 0 Å². The highest BCUT2D eigenvalue weighted by atomic mass is 31.2. The summed E-state index contributed by atoms with van der Waals surface area (Å²) in [5.74, 6) is -1.44. The van der Waals surface area contributed by atoms with Gasteiger partial charge < -0.3 is 24.9 Å². The number of phosphoric acid groups is 1. The van der Waals surface area contributed by atoms with Crippen LogP contribution in [0.4, 0.5) is 0 Å². The number of phosphoric ester groups is 1. The molecule has 0 bridgehead atoms. The van der Waals surface area contributed by atoms with Gasteiger partial charge in [0, 0.05) is 0 Å². The Morgan fingerprint density at radius 2 is 1.69 bits per heavy atom. The van der Waals surface area contributed by atoms with Gasteiger partial charge in [0.15, 0.2) is 0 Å². The topological polar surface area (TPSA) is 165 Å². The van der Waals surface area contributed by atoms with E-state index in [4.69, 9.17) is 30.2 Å². The quantitative estimate of drug-likeness (QED) is 0.274. The largest absolute Gasteiger partial charge is 0.526 e. The summed E-state index contributed by atoms with van der Waals surface area (Å²) < 4.78 is 13.8. The molecule has 10 heteroatoms. The van der Waals surface area contributed by atoms with E-state index in [9.17, 15) is 9.36 Å². The first-order chi connectivity index (χ1) is 7.17. The molecule has 0 aromatic heterocycles. The van der Waals surface area contributed by atoms with Crippen LogP contribution in [0.3, 0.4) is 0 Å². The zero-order valence-corrected chi connectivity index (χ0v) is 8.90. The zero-order valence-electron chi connectivity index (χ0n) is 8.00. The molecule has 16 heavy (non-hydrogen) atoms. The normalized spacial score (nSPS) is 17.6. The number of hydrogen-bond donors (Lipinski definition) is 6. The fourth-order valence-electron chi connectivity index (χ4n) is 0.826. The lowest BCUT2D eigenvalue weighted by molar-refractivity contribution is -0.142. The zero-order chi connectivity index (χ0) is 12.9. The van der Waals surface area contributed by atoms with Crippen molar-refractivity contribution in [1.82, 2.24) is 0 Å². The lowest BCUT2D eigenvalue weighted by atomic mass is 10.1. The Morgan fingerprint density at radius 3 is 2.06 bits per heavy atom. The number of carbonyl (C=O) groups is 1. The minimum Gasteiger partial charge on any atom is -0.394 e. The summed E-state index contributed by atoms with van der Waals surface area (Å²) in [6, 6.07) is 0. The molecule has 3 atom stereocenters. The second kappa shape index (κ2) is 6.26. The molecule has 0 fully saturated rings. The highest BCUT2D eigenvalue weighted by Gasteiger charge is 2.29. The summed E-state index contributed by atoms with van der Waals surface area (Å²) in [4.78, 5) is 27.2. The van der Waals surface area contributed by atoms with E-state index < -0.39 is 45.1 Å². The van der Waals surface area contributed by atoms with Gasteiger partial charge >= 0.3 is 13.8 Å². The first-order valence-electron chi connectivity index (χ1n) is 4.10. The maximum atomic E-state index is 10.8. The molecule has 0 aliphatic heterocycles. The van der Waals surface area contributed by atoms with Crippen molar-refractivity contribution in [2.45, 2.75) is 24.7 Å². The van der Waals surface area contributed by atoms with Crippen molar-refractivity contribution < 1.29 is 44.1 Å². The fraction of sp³-hybridized carbons (Fsp3) is 0.833. The van der Waals surface area contributed by atoms with Gasteiger partial charge in [0.1, 0.15) is 12.2 Å². The monoisotopic (exact) mass is 260 g/mol. The summed E-state index contributed by atoms with van der Waals surface area (Å²) in [7, 11) is -4.99. The van der Waals surface area contributed by atoms with Crippen molar-refractivity contribution in [3.05, 3.63) is 0 Å². The van der Waals surface area contributed by atoms with Gasteiger partial charge in [-0.15, -0.1) is 0 Å². The minimum atomic E-state index is -4.99. The Hall–Kier alpha value is -0.540. The fourth-order valence-corrected chi connectivity index (χ4v) is 1.17. The van der Waals surface area contributed by atoms with Gasteiger partial charge in [-0.05, 0) is 0 Å². The molecule has 0 aromatic rings. The summed E-state index contributed by atoms with van der Waals surface area (Å²) in [6.45, 7) is -0.842. The first kappa shape index (κ1) is 15.5. The summed E-state index contributed by atoms with van der Waals surface area (Å²) in [5, 5.41) is 35.5. The molecule has 0 spiro atoms. The highest BCUT2D eigenvalue weighted by Crippen LogP contribution is 2.36. The van der Waals surface area contributed by atoms with E-state index >= 15 is 0 Å². The molecule has 0 saturated heterocycles. The number of aliphatic hydroxyl groups is 4. The number of aliphatic hydroxyl groups excluding tert-OH is 4. The van der Waals surface area contributed by atoms with Gasteiger partial charge in [-0.2, -0.15) is 0 Å². The van der Waals surface area contributed by atoms with Gasteiger partial charge in [-0.1, -0.05) is 0 Å². The van der Waals surface area contributed by atoms with Gasteiger partial charge in [0.05, 0.1) is 19.1 Å². The van der Waals surface area contributed by atoms with Crippen LogP contribution >= 0.6 is 7.82 Å². The first-order valence-corrected chi connectivity index (χ1v) is 5.63. The molecule has 0 radical (unpaired) electrons. The average Bonchev–Trinajstić information content (AvgIpc) is 2.12. The second-order valence-corrected chi connectivity index (χ2v) is 4.13. The van der Waals surface area contributed by atoms with Crippen molar-refractivity contribution >= 4 is 13.8 Å². The van der Waals surface area contributed by atoms with Crippen molar-refractivity contribution in [1.29, 1.82) is 0 Å². The number of rotatable bonds is 6. The third kappa shape index (κ3) is 6.13. The van der Waals surface area contributed by atoms with Crippen LogP contribution < -0.4 is 0 Å². The van der Waals surface area contributed by atoms with Gasteiger partial charge in [0.2, 0.25) is 0 Å². The Kier molecular flexibility index (Phi) is 6.05. The Labute approximate surface area is 90.2 Å². The predicted molar refractivity (Wildman–Crippen MR) is 47.9 cm³/mol. The third-order valence-corrected chi connectivity index (χ3v) is 2.01. The van der Waals surface area contributed by atoms with Crippen molar-refractivity contribution in [2.24, 2.45) is 0 Å². The summed E-state index contributed by atoms with van der Waals surface area (Å²) in [6.07, 6.45) is -6.23. The van der Waals surface area contributed by atoms with Crippen LogP contribution in [0.1, 0.15) is 6.42 Å². The highest BCUT2D eigenvalue weighted by molar-refractivity contribution is 7.46. The molecule has 0 rings (SSSR count). The van der Waals surface area contributed by atoms with E-state index in [1.807, 2.05) is 0 Å². The number of hydrogen-bond acceptors (Lipinski definition) is 7. The molecular weight excluding hydrogens is 247 g/mol. The van der Waals surface area contributed by atoms with Gasteiger partial charge in [0.25, 0.3) is 0 Å². The van der Waals surface area contributed by atoms with Crippen LogP contribution in [0.5, 0.6) is 0 Å². The molecule has 0 aliphatic rings. The van der Waals surface area contributed by atoms with Crippen molar-refractivity contribution in [2.75, 3.05) is 6.61 Å². The van der Waals surface area contributed by atoms with Crippen LogP contribution in [-0.4, -0.2) is 61.1 Å². The molecule has 0 unspecified atom stereocenters. The molecule has 0 aliphatic carbocycles. The van der Waals surface area contributed by atoms with Gasteiger partial charge in [-0.3, -0.25) is 14.6 Å². The van der Waals surface area contributed by atoms with Crippen molar-refractivity contribution in [3.63, 3.8) is 0 Å². The van der Waals surface area contributed by atoms with E-state index in [0.29, 0.717) is 0 Å². The summed E-state index contributed by atoms with van der Waals surface area (Å²) in [5.41, 5.74) is 0. The lowest BCUT2D eigenvalue weighted by Gasteiger charge is -2.20. The average molecular weight is 260 g/mol. The van der Waals surface area contributed by atoms with E-state index in [-0.39, 0.29) is 0 Å². The van der Waals surface area contributed by atoms with Crippen LogP contribution in [0, 0.1) is 0 Å². The third-order valence-electron chi connectivity index (χ3n) is 1.57. The molecule has 0 amide bonds. The number of carbonyl (C=O) groups excluding carboxylic acids is 1. The minimum absolute atomic E-state index is 0.842. The molecule has 9 nitrogen and oxygen atoms in total. The maximum absolute atomic E-state index is 10.8. The predicted octanol–water partition coefficient (Wildman–Crippen LogP) is -2.91. The van der Waals surface area contributed by atoms with E-state index in [2.05, 4.69) is 4.52 Å². The van der Waals surface area contributed by atoms with Crippen LogP contribution in [0.25, 0.3) is 0 Å². The van der Waals surface area contributed by atoms with E-state index in [1.54, 1.807) is 0 Å². The van der Waals surface area contributed by atoms with Crippen LogP contribution in [0.15, 0.2) is 0 Å². The van der Waals surface area contributed by atoms with E-state index in [1.165, 1.54) is 0 Å². The van der Waals surface area contributed by atoms with Gasteiger partial charge in [-0.25, -0.2) is 4.57 Å². The smallest absolute Gasteiger partial charge is 0.394 e. The SMILES string of the molecule is O=C(C[C@@H](O)[C@H](O)[C@H](O)CO)OP(=O)(O)O.